The SMILES string of the molecule is Cc1oc(-c2ccc(C(=O)NCCCN3CCCC3=O)cc2)nc1CN1CCc2ccccc21. The highest BCUT2D eigenvalue weighted by Gasteiger charge is 2.22. The van der Waals surface area contributed by atoms with Crippen molar-refractivity contribution in [3.63, 3.8) is 0 Å². The maximum atomic E-state index is 12.5. The smallest absolute Gasteiger partial charge is 0.251 e. The summed E-state index contributed by atoms with van der Waals surface area (Å²) in [4.78, 5) is 33.1. The van der Waals surface area contributed by atoms with E-state index >= 15 is 0 Å². The molecule has 1 aromatic heterocycles. The van der Waals surface area contributed by atoms with Gasteiger partial charge < -0.3 is 19.5 Å². The molecule has 0 atom stereocenters. The second-order valence-corrected chi connectivity index (χ2v) is 8.99. The van der Waals surface area contributed by atoms with E-state index in [0.717, 1.165) is 55.9 Å². The second-order valence-electron chi connectivity index (χ2n) is 8.99. The summed E-state index contributed by atoms with van der Waals surface area (Å²) < 4.78 is 5.97. The molecule has 34 heavy (non-hydrogen) atoms. The van der Waals surface area contributed by atoms with Crippen molar-refractivity contribution in [3.05, 3.63) is 71.1 Å². The Kier molecular flexibility index (Phi) is 6.34. The molecule has 2 aromatic carbocycles. The Labute approximate surface area is 199 Å². The second kappa shape index (κ2) is 9.71. The van der Waals surface area contributed by atoms with Gasteiger partial charge in [0.2, 0.25) is 11.8 Å². The molecule has 5 rings (SSSR count). The summed E-state index contributed by atoms with van der Waals surface area (Å²) in [7, 11) is 0. The highest BCUT2D eigenvalue weighted by Crippen LogP contribution is 2.30. The van der Waals surface area contributed by atoms with Gasteiger partial charge in [0, 0.05) is 49.4 Å². The Morgan fingerprint density at radius 3 is 2.68 bits per heavy atom. The van der Waals surface area contributed by atoms with E-state index in [1.165, 1.54) is 11.3 Å². The van der Waals surface area contributed by atoms with E-state index in [4.69, 9.17) is 9.40 Å². The lowest BCUT2D eigenvalue weighted by Gasteiger charge is -2.17. The number of carbonyl (C=O) groups is 2. The van der Waals surface area contributed by atoms with Crippen LogP contribution in [0, 0.1) is 6.92 Å². The molecule has 3 heterocycles. The van der Waals surface area contributed by atoms with Crippen LogP contribution in [0.3, 0.4) is 0 Å². The minimum Gasteiger partial charge on any atom is -0.441 e. The molecule has 2 amide bonds. The molecule has 1 N–H and O–H groups in total. The van der Waals surface area contributed by atoms with Crippen LogP contribution in [0.15, 0.2) is 52.9 Å². The standard InChI is InChI=1S/C27H30N4O3/c1-19-23(18-31-17-13-20-6-2-3-7-24(20)31)29-27(34-19)22-11-9-21(10-12-22)26(33)28-14-5-16-30-15-4-8-25(30)32/h2-3,6-7,9-12H,4-5,8,13-18H2,1H3,(H,28,33). The quantitative estimate of drug-likeness (QED) is 0.517. The molecule has 1 saturated heterocycles. The van der Waals surface area contributed by atoms with Crippen LogP contribution in [-0.2, 0) is 17.8 Å². The molecule has 7 nitrogen and oxygen atoms in total. The molecular weight excluding hydrogens is 428 g/mol. The van der Waals surface area contributed by atoms with Crippen LogP contribution < -0.4 is 10.2 Å². The van der Waals surface area contributed by atoms with Gasteiger partial charge in [-0.2, -0.15) is 0 Å². The lowest BCUT2D eigenvalue weighted by molar-refractivity contribution is -0.127. The summed E-state index contributed by atoms with van der Waals surface area (Å²) in [6.07, 6.45) is 3.40. The van der Waals surface area contributed by atoms with Crippen LogP contribution in [0.5, 0.6) is 0 Å². The number of hydrogen-bond donors (Lipinski definition) is 1. The van der Waals surface area contributed by atoms with Gasteiger partial charge in [-0.3, -0.25) is 9.59 Å². The summed E-state index contributed by atoms with van der Waals surface area (Å²) in [5.41, 5.74) is 5.03. The van der Waals surface area contributed by atoms with Crippen LogP contribution in [0.2, 0.25) is 0 Å². The van der Waals surface area contributed by atoms with Crippen molar-refractivity contribution in [3.8, 4) is 11.5 Å². The van der Waals surface area contributed by atoms with E-state index in [2.05, 4.69) is 34.5 Å². The summed E-state index contributed by atoms with van der Waals surface area (Å²) in [6.45, 7) is 5.74. The molecule has 0 saturated carbocycles. The lowest BCUT2D eigenvalue weighted by atomic mass is 10.1. The third-order valence-corrected chi connectivity index (χ3v) is 6.67. The zero-order valence-corrected chi connectivity index (χ0v) is 19.5. The lowest BCUT2D eigenvalue weighted by Crippen LogP contribution is -2.30. The molecule has 2 aliphatic rings. The van der Waals surface area contributed by atoms with Crippen LogP contribution >= 0.6 is 0 Å². The van der Waals surface area contributed by atoms with E-state index in [-0.39, 0.29) is 11.8 Å². The number of likely N-dealkylation sites (tertiary alicyclic amines) is 1. The van der Waals surface area contributed by atoms with E-state index in [1.807, 2.05) is 24.0 Å². The van der Waals surface area contributed by atoms with E-state index in [0.29, 0.717) is 31.0 Å². The molecule has 1 fully saturated rings. The van der Waals surface area contributed by atoms with Gasteiger partial charge in [0.05, 0.1) is 6.54 Å². The van der Waals surface area contributed by atoms with Gasteiger partial charge in [-0.25, -0.2) is 4.98 Å². The van der Waals surface area contributed by atoms with Crippen molar-refractivity contribution in [1.29, 1.82) is 0 Å². The molecule has 7 heteroatoms. The average molecular weight is 459 g/mol. The van der Waals surface area contributed by atoms with Gasteiger partial charge in [0.25, 0.3) is 5.91 Å². The Morgan fingerprint density at radius 2 is 1.88 bits per heavy atom. The minimum atomic E-state index is -0.115. The first-order valence-electron chi connectivity index (χ1n) is 12.0. The summed E-state index contributed by atoms with van der Waals surface area (Å²) >= 11 is 0. The minimum absolute atomic E-state index is 0.115. The molecule has 3 aromatic rings. The molecule has 176 valence electrons. The first kappa shape index (κ1) is 22.2. The zero-order chi connectivity index (χ0) is 23.5. The number of benzene rings is 2. The molecular formula is C27H30N4O3. The average Bonchev–Trinajstić information content (AvgIpc) is 3.56. The van der Waals surface area contributed by atoms with Gasteiger partial charge in [-0.05, 0) is 62.1 Å². The molecule has 0 bridgehead atoms. The number of oxazole rings is 1. The number of rotatable bonds is 8. The number of aromatic nitrogens is 1. The van der Waals surface area contributed by atoms with Crippen LogP contribution in [0.1, 0.15) is 46.6 Å². The predicted molar refractivity (Wildman–Crippen MR) is 131 cm³/mol. The molecule has 2 aliphatic heterocycles. The number of hydrogen-bond acceptors (Lipinski definition) is 5. The van der Waals surface area contributed by atoms with Gasteiger partial charge in [0.1, 0.15) is 11.5 Å². The van der Waals surface area contributed by atoms with Crippen molar-refractivity contribution in [2.24, 2.45) is 0 Å². The number of nitrogens with zero attached hydrogens (tertiary/aromatic N) is 3. The Hall–Kier alpha value is -3.61. The monoisotopic (exact) mass is 458 g/mol. The number of anilines is 1. The molecule has 0 aliphatic carbocycles. The Morgan fingerprint density at radius 1 is 1.06 bits per heavy atom. The van der Waals surface area contributed by atoms with E-state index in [1.54, 1.807) is 12.1 Å². The zero-order valence-electron chi connectivity index (χ0n) is 19.5. The van der Waals surface area contributed by atoms with E-state index in [9.17, 15) is 9.59 Å². The number of amides is 2. The summed E-state index contributed by atoms with van der Waals surface area (Å²) in [6, 6.07) is 15.8. The number of nitrogens with one attached hydrogen (secondary N) is 1. The number of fused-ring (bicyclic) bond motifs is 1. The maximum Gasteiger partial charge on any atom is 0.251 e. The first-order chi connectivity index (χ1) is 16.6. The Balaban J connectivity index is 1.17. The van der Waals surface area contributed by atoms with Crippen LogP contribution in [-0.4, -0.2) is 47.9 Å². The molecule has 0 unspecified atom stereocenters. The van der Waals surface area contributed by atoms with Crippen LogP contribution in [0.4, 0.5) is 5.69 Å². The third kappa shape index (κ3) is 4.69. The summed E-state index contributed by atoms with van der Waals surface area (Å²) in [5.74, 6) is 1.49. The normalized spacial score (nSPS) is 15.1. The first-order valence-corrected chi connectivity index (χ1v) is 12.0. The van der Waals surface area contributed by atoms with Gasteiger partial charge in [-0.15, -0.1) is 0 Å². The topological polar surface area (TPSA) is 78.7 Å². The number of aryl methyl sites for hydroxylation is 1. The molecule has 0 spiro atoms. The summed E-state index contributed by atoms with van der Waals surface area (Å²) in [5, 5.41) is 2.94. The fourth-order valence-corrected chi connectivity index (χ4v) is 4.73. The fraction of sp³-hybridized carbons (Fsp3) is 0.370. The Bertz CT molecular complexity index is 1180. The van der Waals surface area contributed by atoms with E-state index < -0.39 is 0 Å². The highest BCUT2D eigenvalue weighted by molar-refractivity contribution is 5.94. The van der Waals surface area contributed by atoms with Crippen molar-refractivity contribution >= 4 is 17.5 Å². The van der Waals surface area contributed by atoms with Crippen LogP contribution in [0.25, 0.3) is 11.5 Å². The fourth-order valence-electron chi connectivity index (χ4n) is 4.73. The van der Waals surface area contributed by atoms with Crippen molar-refractivity contribution in [1.82, 2.24) is 15.2 Å². The largest absolute Gasteiger partial charge is 0.441 e. The number of para-hydroxylation sites is 1. The van der Waals surface area contributed by atoms with Crippen molar-refractivity contribution < 1.29 is 14.0 Å². The predicted octanol–water partition coefficient (Wildman–Crippen LogP) is 3.96. The highest BCUT2D eigenvalue weighted by atomic mass is 16.4. The van der Waals surface area contributed by atoms with Crippen molar-refractivity contribution in [2.75, 3.05) is 31.1 Å². The molecule has 0 radical (unpaired) electrons. The maximum absolute atomic E-state index is 12.5. The number of carbonyl (C=O) groups excluding carboxylic acids is 2. The van der Waals surface area contributed by atoms with Gasteiger partial charge >= 0.3 is 0 Å². The van der Waals surface area contributed by atoms with Gasteiger partial charge in [-0.1, -0.05) is 18.2 Å². The van der Waals surface area contributed by atoms with Crippen molar-refractivity contribution in [2.45, 2.75) is 39.2 Å². The third-order valence-electron chi connectivity index (χ3n) is 6.67. The van der Waals surface area contributed by atoms with Gasteiger partial charge in [0.15, 0.2) is 0 Å².